The average Bonchev–Trinajstić information content (AvgIpc) is 2.02. The van der Waals surface area contributed by atoms with E-state index in [1.54, 1.807) is 0 Å². The van der Waals surface area contributed by atoms with Crippen LogP contribution in [0.5, 0.6) is 0 Å². The summed E-state index contributed by atoms with van der Waals surface area (Å²) in [5.74, 6) is 4.05. The summed E-state index contributed by atoms with van der Waals surface area (Å²) in [4.78, 5) is 0. The molecule has 0 aliphatic rings. The standard InChI is InChI=1S/C11H17I/c1-4-6-11(9-12)8-5-7-10(2)3/h1,5,7,10-11H,6,8-9H2,2-3H3/b7-5+. The quantitative estimate of drug-likeness (QED) is 0.311. The van der Waals surface area contributed by atoms with Crippen molar-refractivity contribution in [3.63, 3.8) is 0 Å². The summed E-state index contributed by atoms with van der Waals surface area (Å²) in [6.07, 6.45) is 11.8. The lowest BCUT2D eigenvalue weighted by Gasteiger charge is -2.06. The molecule has 0 saturated heterocycles. The van der Waals surface area contributed by atoms with Gasteiger partial charge in [-0.05, 0) is 18.3 Å². The minimum Gasteiger partial charge on any atom is -0.120 e. The molecule has 1 atom stereocenters. The smallest absolute Gasteiger partial charge is 0.0125 e. The minimum atomic E-state index is 0.658. The molecule has 0 nitrogen and oxygen atoms in total. The molecular formula is C11H17I. The molecule has 68 valence electrons. The zero-order valence-electron chi connectivity index (χ0n) is 7.89. The van der Waals surface area contributed by atoms with Gasteiger partial charge in [-0.15, -0.1) is 12.3 Å². The molecule has 0 amide bonds. The van der Waals surface area contributed by atoms with Gasteiger partial charge in [-0.25, -0.2) is 0 Å². The van der Waals surface area contributed by atoms with Crippen LogP contribution in [0.1, 0.15) is 26.7 Å². The maximum Gasteiger partial charge on any atom is 0.0125 e. The fourth-order valence-electron chi connectivity index (χ4n) is 0.911. The molecule has 0 aromatic carbocycles. The number of hydrogen-bond donors (Lipinski definition) is 0. The van der Waals surface area contributed by atoms with E-state index in [-0.39, 0.29) is 0 Å². The third kappa shape index (κ3) is 6.72. The lowest BCUT2D eigenvalue weighted by molar-refractivity contribution is 0.630. The topological polar surface area (TPSA) is 0 Å². The number of allylic oxidation sites excluding steroid dienone is 2. The van der Waals surface area contributed by atoms with E-state index in [1.807, 2.05) is 0 Å². The van der Waals surface area contributed by atoms with Crippen molar-refractivity contribution in [3.8, 4) is 12.3 Å². The van der Waals surface area contributed by atoms with Gasteiger partial charge in [-0.3, -0.25) is 0 Å². The largest absolute Gasteiger partial charge is 0.120 e. The van der Waals surface area contributed by atoms with Gasteiger partial charge in [0.1, 0.15) is 0 Å². The summed E-state index contributed by atoms with van der Waals surface area (Å²) in [6.45, 7) is 4.38. The summed E-state index contributed by atoms with van der Waals surface area (Å²) in [6, 6.07) is 0. The number of halogens is 1. The van der Waals surface area contributed by atoms with Crippen LogP contribution in [0.4, 0.5) is 0 Å². The Morgan fingerprint density at radius 3 is 2.58 bits per heavy atom. The van der Waals surface area contributed by atoms with E-state index in [0.29, 0.717) is 11.8 Å². The van der Waals surface area contributed by atoms with E-state index >= 15 is 0 Å². The highest BCUT2D eigenvalue weighted by atomic mass is 127. The van der Waals surface area contributed by atoms with E-state index in [4.69, 9.17) is 6.42 Å². The van der Waals surface area contributed by atoms with Crippen molar-refractivity contribution < 1.29 is 0 Å². The second-order valence-corrected chi connectivity index (χ2v) is 4.22. The van der Waals surface area contributed by atoms with Crippen LogP contribution < -0.4 is 0 Å². The molecule has 0 heterocycles. The van der Waals surface area contributed by atoms with Gasteiger partial charge in [0.25, 0.3) is 0 Å². The highest BCUT2D eigenvalue weighted by molar-refractivity contribution is 14.1. The maximum absolute atomic E-state index is 5.26. The van der Waals surface area contributed by atoms with Crippen LogP contribution >= 0.6 is 22.6 Å². The first kappa shape index (κ1) is 12.0. The Balaban J connectivity index is 3.65. The van der Waals surface area contributed by atoms with E-state index in [9.17, 15) is 0 Å². The van der Waals surface area contributed by atoms with Crippen LogP contribution in [0.25, 0.3) is 0 Å². The molecule has 0 radical (unpaired) electrons. The number of terminal acetylenes is 1. The first-order valence-electron chi connectivity index (χ1n) is 4.36. The number of hydrogen-bond acceptors (Lipinski definition) is 0. The van der Waals surface area contributed by atoms with Gasteiger partial charge in [0.05, 0.1) is 0 Å². The number of rotatable bonds is 5. The van der Waals surface area contributed by atoms with E-state index in [1.165, 1.54) is 0 Å². The van der Waals surface area contributed by atoms with Crippen molar-refractivity contribution in [2.24, 2.45) is 11.8 Å². The molecule has 0 aromatic heterocycles. The Bertz CT molecular complexity index is 162. The zero-order chi connectivity index (χ0) is 9.40. The first-order chi connectivity index (χ1) is 5.70. The van der Waals surface area contributed by atoms with Crippen molar-refractivity contribution in [2.45, 2.75) is 26.7 Å². The summed E-state index contributed by atoms with van der Waals surface area (Å²) < 4.78 is 1.16. The monoisotopic (exact) mass is 276 g/mol. The maximum atomic E-state index is 5.26. The summed E-state index contributed by atoms with van der Waals surface area (Å²) in [5.41, 5.74) is 0. The van der Waals surface area contributed by atoms with Crippen molar-refractivity contribution in [2.75, 3.05) is 4.43 Å². The molecule has 0 rings (SSSR count). The molecule has 0 saturated carbocycles. The molecule has 1 heteroatoms. The Labute approximate surface area is 90.0 Å². The Morgan fingerprint density at radius 2 is 2.17 bits per heavy atom. The van der Waals surface area contributed by atoms with Gasteiger partial charge in [-0.2, -0.15) is 0 Å². The first-order valence-corrected chi connectivity index (χ1v) is 5.89. The SMILES string of the molecule is C#CCC(CI)C/C=C/C(C)C. The summed E-state index contributed by atoms with van der Waals surface area (Å²) in [5, 5.41) is 0. The third-order valence-electron chi connectivity index (χ3n) is 1.62. The van der Waals surface area contributed by atoms with Gasteiger partial charge in [0.15, 0.2) is 0 Å². The highest BCUT2D eigenvalue weighted by Crippen LogP contribution is 2.12. The van der Waals surface area contributed by atoms with Crippen LogP contribution in [0.3, 0.4) is 0 Å². The molecule has 0 aromatic rings. The zero-order valence-corrected chi connectivity index (χ0v) is 10.0. The van der Waals surface area contributed by atoms with Crippen molar-refractivity contribution >= 4 is 22.6 Å². The Kier molecular flexibility index (Phi) is 7.69. The fraction of sp³-hybridized carbons (Fsp3) is 0.636. The van der Waals surface area contributed by atoms with Gasteiger partial charge in [0.2, 0.25) is 0 Å². The van der Waals surface area contributed by atoms with Gasteiger partial charge in [-0.1, -0.05) is 48.6 Å². The Morgan fingerprint density at radius 1 is 1.50 bits per heavy atom. The lowest BCUT2D eigenvalue weighted by Crippen LogP contribution is -1.98. The average molecular weight is 276 g/mol. The van der Waals surface area contributed by atoms with Crippen LogP contribution in [0, 0.1) is 24.2 Å². The molecular weight excluding hydrogens is 259 g/mol. The summed E-state index contributed by atoms with van der Waals surface area (Å²) in [7, 11) is 0. The van der Waals surface area contributed by atoms with Crippen LogP contribution in [0.2, 0.25) is 0 Å². The second-order valence-electron chi connectivity index (χ2n) is 3.34. The number of alkyl halides is 1. The second kappa shape index (κ2) is 7.67. The molecule has 0 bridgehead atoms. The van der Waals surface area contributed by atoms with Gasteiger partial charge < -0.3 is 0 Å². The molecule has 0 fully saturated rings. The van der Waals surface area contributed by atoms with Crippen molar-refractivity contribution in [1.82, 2.24) is 0 Å². The van der Waals surface area contributed by atoms with Crippen LogP contribution in [-0.4, -0.2) is 4.43 Å². The lowest BCUT2D eigenvalue weighted by atomic mass is 10.0. The molecule has 0 spiro atoms. The highest BCUT2D eigenvalue weighted by Gasteiger charge is 2.01. The van der Waals surface area contributed by atoms with Crippen molar-refractivity contribution in [3.05, 3.63) is 12.2 Å². The third-order valence-corrected chi connectivity index (χ3v) is 2.86. The van der Waals surface area contributed by atoms with E-state index in [2.05, 4.69) is 54.5 Å². The predicted molar refractivity (Wildman–Crippen MR) is 64.4 cm³/mol. The molecule has 0 aliphatic carbocycles. The van der Waals surface area contributed by atoms with Gasteiger partial charge in [0, 0.05) is 10.8 Å². The fourth-order valence-corrected chi connectivity index (χ4v) is 1.58. The Hall–Kier alpha value is 0.0300. The van der Waals surface area contributed by atoms with Gasteiger partial charge >= 0.3 is 0 Å². The van der Waals surface area contributed by atoms with Crippen LogP contribution in [0.15, 0.2) is 12.2 Å². The van der Waals surface area contributed by atoms with Crippen molar-refractivity contribution in [1.29, 1.82) is 0 Å². The van der Waals surface area contributed by atoms with E-state index in [0.717, 1.165) is 17.3 Å². The normalized spacial score (nSPS) is 13.6. The minimum absolute atomic E-state index is 0.658. The van der Waals surface area contributed by atoms with Crippen LogP contribution in [-0.2, 0) is 0 Å². The molecule has 0 aliphatic heterocycles. The molecule has 1 unspecified atom stereocenters. The predicted octanol–water partition coefficient (Wildman–Crippen LogP) is 3.66. The molecule has 12 heavy (non-hydrogen) atoms. The summed E-state index contributed by atoms with van der Waals surface area (Å²) >= 11 is 2.40. The van der Waals surface area contributed by atoms with E-state index < -0.39 is 0 Å². The molecule has 0 N–H and O–H groups in total.